The average Bonchev–Trinajstić information content (AvgIpc) is 3.45. The molecule has 1 unspecified atom stereocenters. The summed E-state index contributed by atoms with van der Waals surface area (Å²) in [5.74, 6) is 4.89. The van der Waals surface area contributed by atoms with Crippen LogP contribution in [-0.2, 0) is 20.6 Å². The Hall–Kier alpha value is -5.44. The third-order valence-electron chi connectivity index (χ3n) is 8.96. The first kappa shape index (κ1) is 40.7. The van der Waals surface area contributed by atoms with Crippen LogP contribution in [0.15, 0.2) is 65.0 Å². The minimum Gasteiger partial charge on any atom is -0.443 e. The number of alkyl carbamates (subject to hydrolysis) is 1. The van der Waals surface area contributed by atoms with E-state index in [0.717, 1.165) is 29.4 Å². The summed E-state index contributed by atoms with van der Waals surface area (Å²) < 4.78 is 87.1. The Labute approximate surface area is 317 Å². The van der Waals surface area contributed by atoms with Crippen LogP contribution in [0.5, 0.6) is 0 Å². The van der Waals surface area contributed by atoms with Gasteiger partial charge in [0.2, 0.25) is 11.5 Å². The van der Waals surface area contributed by atoms with Gasteiger partial charge >= 0.3 is 12.6 Å². The second kappa shape index (κ2) is 15.4. The molecule has 2 aliphatic rings. The van der Waals surface area contributed by atoms with E-state index in [2.05, 4.69) is 27.0 Å². The molecule has 294 valence electrons. The highest BCUT2D eigenvalue weighted by Crippen LogP contribution is 2.57. The highest BCUT2D eigenvalue weighted by molar-refractivity contribution is 6.33. The number of hydrazone groups is 1. The maximum atomic E-state index is 15.0. The van der Waals surface area contributed by atoms with Crippen LogP contribution < -0.4 is 21.8 Å². The Morgan fingerprint density at radius 1 is 1.09 bits per heavy atom. The van der Waals surface area contributed by atoms with Crippen molar-refractivity contribution in [2.24, 2.45) is 27.0 Å². The molecular weight excluding hydrogens is 756 g/mol. The Kier molecular flexibility index (Phi) is 11.4. The third kappa shape index (κ3) is 8.02. The second-order valence-corrected chi connectivity index (χ2v) is 14.4. The number of aromatic nitrogens is 2. The molecule has 0 spiro atoms. The van der Waals surface area contributed by atoms with E-state index in [1.54, 1.807) is 32.9 Å². The minimum atomic E-state index is -2.92. The Morgan fingerprint density at radius 2 is 1.75 bits per heavy atom. The normalized spacial score (nSPS) is 22.2. The lowest BCUT2D eigenvalue weighted by Gasteiger charge is -2.32. The van der Waals surface area contributed by atoms with E-state index >= 15 is 4.79 Å². The van der Waals surface area contributed by atoms with E-state index in [1.165, 1.54) is 43.5 Å². The largest absolute Gasteiger partial charge is 0.443 e. The molecule has 1 aromatic heterocycles. The molecule has 1 saturated carbocycles. The molecule has 5 rings (SSSR count). The van der Waals surface area contributed by atoms with Gasteiger partial charge < -0.3 is 21.5 Å². The summed E-state index contributed by atoms with van der Waals surface area (Å²) in [4.78, 5) is 33.6. The molecule has 12 nitrogen and oxygen atoms in total. The van der Waals surface area contributed by atoms with E-state index in [9.17, 15) is 31.1 Å². The van der Waals surface area contributed by atoms with Gasteiger partial charge in [-0.15, -0.1) is 0 Å². The zero-order valence-electron chi connectivity index (χ0n) is 30.2. The van der Waals surface area contributed by atoms with E-state index < -0.39 is 66.1 Å². The average molecular weight is 794 g/mol. The Balaban J connectivity index is 1.65. The smallest absolute Gasteiger partial charge is 0.407 e. The lowest BCUT2D eigenvalue weighted by atomic mass is 9.86. The first-order chi connectivity index (χ1) is 25.7. The number of nitrogens with one attached hydrogen (secondary N) is 1. The Bertz CT molecular complexity index is 2050. The number of hydrogen-bond acceptors (Lipinski definition) is 8. The molecule has 1 fully saturated rings. The first-order valence-electron chi connectivity index (χ1n) is 16.8. The predicted octanol–water partition coefficient (Wildman–Crippen LogP) is 6.41. The zero-order valence-corrected chi connectivity index (χ0v) is 30.9. The summed E-state index contributed by atoms with van der Waals surface area (Å²) in [6.45, 7) is 4.81. The number of guanidine groups is 1. The summed E-state index contributed by atoms with van der Waals surface area (Å²) >= 11 is 6.50. The molecule has 1 aliphatic heterocycles. The molecule has 55 heavy (non-hydrogen) atoms. The van der Waals surface area contributed by atoms with E-state index in [4.69, 9.17) is 27.8 Å². The molecule has 0 saturated heterocycles. The van der Waals surface area contributed by atoms with Gasteiger partial charge in [0.1, 0.15) is 24.0 Å². The predicted molar refractivity (Wildman–Crippen MR) is 194 cm³/mol. The molecule has 5 atom stereocenters. The minimum absolute atomic E-state index is 0.0300. The van der Waals surface area contributed by atoms with Gasteiger partial charge in [-0.2, -0.15) is 19.0 Å². The number of anilines is 1. The van der Waals surface area contributed by atoms with Crippen LogP contribution in [0.4, 0.5) is 36.8 Å². The number of halogens is 7. The highest BCUT2D eigenvalue weighted by atomic mass is 35.5. The van der Waals surface area contributed by atoms with Gasteiger partial charge in [0.05, 0.1) is 22.9 Å². The van der Waals surface area contributed by atoms with Crippen molar-refractivity contribution >= 4 is 41.6 Å². The van der Waals surface area contributed by atoms with Crippen LogP contribution in [0.2, 0.25) is 5.02 Å². The van der Waals surface area contributed by atoms with Crippen molar-refractivity contribution in [3.8, 4) is 23.0 Å². The fraction of sp³-hybridized carbons (Fsp3) is 0.417. The van der Waals surface area contributed by atoms with E-state index in [-0.39, 0.29) is 34.2 Å². The van der Waals surface area contributed by atoms with E-state index in [0.29, 0.717) is 15.8 Å². The summed E-state index contributed by atoms with van der Waals surface area (Å²) in [6.07, 6.45) is -5.22. The number of nitrogens with zero attached hydrogens (tertiary/aromatic N) is 6. The van der Waals surface area contributed by atoms with Gasteiger partial charge in [0, 0.05) is 29.2 Å². The number of aliphatic imine (C=N–C) groups is 1. The fourth-order valence-electron chi connectivity index (χ4n) is 6.00. The van der Waals surface area contributed by atoms with Crippen LogP contribution in [0.25, 0.3) is 11.1 Å². The number of amides is 2. The van der Waals surface area contributed by atoms with Crippen molar-refractivity contribution in [1.82, 2.24) is 20.0 Å². The molecule has 19 heteroatoms. The molecule has 5 N–H and O–H groups in total. The molecule has 2 heterocycles. The van der Waals surface area contributed by atoms with Crippen molar-refractivity contribution < 1.29 is 40.7 Å². The van der Waals surface area contributed by atoms with Crippen LogP contribution >= 0.6 is 11.6 Å². The number of hydrogen-bond donors (Lipinski definition) is 3. The molecule has 0 bridgehead atoms. The second-order valence-electron chi connectivity index (χ2n) is 14.0. The quantitative estimate of drug-likeness (QED) is 0.0629. The number of rotatable bonds is 12. The van der Waals surface area contributed by atoms with Crippen molar-refractivity contribution in [3.05, 3.63) is 71.0 Å². The summed E-state index contributed by atoms with van der Waals surface area (Å²) in [6, 6.07) is 7.25. The van der Waals surface area contributed by atoms with Gasteiger partial charge in [-0.25, -0.2) is 32.0 Å². The molecule has 0 radical (unpaired) electrons. The summed E-state index contributed by atoms with van der Waals surface area (Å²) in [5.41, 5.74) is 8.97. The van der Waals surface area contributed by atoms with Crippen LogP contribution in [0.1, 0.15) is 58.7 Å². The zero-order chi connectivity index (χ0) is 40.6. The standard InChI is InChI=1S/C36H38ClF6N9O3/c1-19(28(38)39)48-33(54)55-27-15-36(27,24-10-11-25(37)26(14-24)52(47-18-44)20(2)29(40)41)51-30(53)35(49-32(51)45,13-12-34(3,4)5)23-8-6-21(7-9-23)22-16-46-50(17-22)31(42)43/h6-11,14,16-20,27-29,31H,15H2,1-5H3,(H2,44,47)(H2,45,49)(H,48,54)/t19-,20?,27+,35-,36-/m1/s1. The maximum absolute atomic E-state index is 15.0. The molecule has 2 amide bonds. The number of alkyl halides is 6. The van der Waals surface area contributed by atoms with Crippen molar-refractivity contribution in [2.45, 2.75) is 89.7 Å². The molecule has 2 aromatic carbocycles. The topological polar surface area (TPSA) is 156 Å². The lowest BCUT2D eigenvalue weighted by Crippen LogP contribution is -2.51. The van der Waals surface area contributed by atoms with E-state index in [1.807, 2.05) is 5.32 Å². The SMILES string of the molecule is CC(C(F)F)N(/N=C\N)c1cc([C@]2(N3C(=O)[C@@](C#CC(C)(C)C)(c4ccc(-c5cnn(C(F)F)c5)cc4)N=C3N)C[C@@H]2OC(=O)N[C@H](C)C(F)F)ccc1Cl. The lowest BCUT2D eigenvalue weighted by molar-refractivity contribution is -0.132. The first-order valence-corrected chi connectivity index (χ1v) is 17.2. The molecular formula is C36H38ClF6N9O3. The molecule has 3 aromatic rings. The van der Waals surface area contributed by atoms with Crippen molar-refractivity contribution in [3.63, 3.8) is 0 Å². The summed E-state index contributed by atoms with van der Waals surface area (Å²) in [5, 5.41) is 10.4. The van der Waals surface area contributed by atoms with Gasteiger partial charge in [-0.3, -0.25) is 14.7 Å². The number of carbonyl (C=O) groups is 2. The summed E-state index contributed by atoms with van der Waals surface area (Å²) in [7, 11) is 0. The van der Waals surface area contributed by atoms with Crippen molar-refractivity contribution in [1.29, 1.82) is 0 Å². The monoisotopic (exact) mass is 793 g/mol. The third-order valence-corrected chi connectivity index (χ3v) is 9.27. The van der Waals surface area contributed by atoms with Crippen LogP contribution in [-0.4, -0.2) is 70.0 Å². The number of nitrogens with two attached hydrogens (primary N) is 2. The Morgan fingerprint density at radius 3 is 2.31 bits per heavy atom. The molecule has 1 aliphatic carbocycles. The van der Waals surface area contributed by atoms with Gasteiger partial charge in [-0.1, -0.05) is 53.8 Å². The number of ether oxygens (including phenoxy) is 1. The van der Waals surface area contributed by atoms with Gasteiger partial charge in [0.15, 0.2) is 0 Å². The van der Waals surface area contributed by atoms with Gasteiger partial charge in [0.25, 0.3) is 18.8 Å². The highest BCUT2D eigenvalue weighted by Gasteiger charge is 2.69. The van der Waals surface area contributed by atoms with Crippen molar-refractivity contribution in [2.75, 3.05) is 5.01 Å². The van der Waals surface area contributed by atoms with Gasteiger partial charge in [-0.05, 0) is 57.9 Å². The number of carbonyl (C=O) groups excluding carboxylic acids is 2. The van der Waals surface area contributed by atoms with Crippen LogP contribution in [0, 0.1) is 17.3 Å². The fourth-order valence-corrected chi connectivity index (χ4v) is 6.21. The van der Waals surface area contributed by atoms with Crippen LogP contribution in [0.3, 0.4) is 0 Å². The number of benzene rings is 2. The maximum Gasteiger partial charge on any atom is 0.407 e.